The van der Waals surface area contributed by atoms with E-state index in [1.165, 1.54) is 24.1 Å². The van der Waals surface area contributed by atoms with Crippen molar-refractivity contribution in [3.63, 3.8) is 0 Å². The van der Waals surface area contributed by atoms with Gasteiger partial charge >= 0.3 is 0 Å². The molecule has 1 fully saturated rings. The maximum Gasteiger partial charge on any atom is 0.0960 e. The van der Waals surface area contributed by atoms with Crippen molar-refractivity contribution in [2.24, 2.45) is 17.1 Å². The molecule has 16 heavy (non-hydrogen) atoms. The minimum Gasteiger partial charge on any atom is -0.323 e. The van der Waals surface area contributed by atoms with Crippen LogP contribution in [0.4, 0.5) is 0 Å². The summed E-state index contributed by atoms with van der Waals surface area (Å²) in [6.45, 7) is 6.73. The van der Waals surface area contributed by atoms with Gasteiger partial charge in [0.2, 0.25) is 0 Å². The predicted octanol–water partition coefficient (Wildman–Crippen LogP) is 4.54. The molecule has 1 aliphatic carbocycles. The lowest BCUT2D eigenvalue weighted by atomic mass is 9.77. The van der Waals surface area contributed by atoms with Crippen molar-refractivity contribution in [3.8, 4) is 0 Å². The van der Waals surface area contributed by atoms with E-state index in [1.807, 2.05) is 0 Å². The van der Waals surface area contributed by atoms with Crippen LogP contribution in [0, 0.1) is 18.3 Å². The smallest absolute Gasteiger partial charge is 0.0960 e. The van der Waals surface area contributed by atoms with Crippen molar-refractivity contribution < 1.29 is 0 Å². The SMILES string of the molecule is Cc1cc(C(N)C2CCCC2(C)C)sc1Cl. The summed E-state index contributed by atoms with van der Waals surface area (Å²) in [5, 5.41) is 0. The first-order chi connectivity index (χ1) is 7.42. The molecule has 0 aromatic carbocycles. The lowest BCUT2D eigenvalue weighted by Gasteiger charge is -2.31. The summed E-state index contributed by atoms with van der Waals surface area (Å²) < 4.78 is 0.890. The molecule has 2 unspecified atom stereocenters. The molecule has 2 rings (SSSR count). The van der Waals surface area contributed by atoms with E-state index in [9.17, 15) is 0 Å². The van der Waals surface area contributed by atoms with Crippen molar-refractivity contribution in [2.45, 2.75) is 46.1 Å². The fourth-order valence-electron chi connectivity index (χ4n) is 2.87. The molecule has 2 N–H and O–H groups in total. The summed E-state index contributed by atoms with van der Waals surface area (Å²) in [6, 6.07) is 2.32. The van der Waals surface area contributed by atoms with E-state index in [-0.39, 0.29) is 6.04 Å². The van der Waals surface area contributed by atoms with Gasteiger partial charge in [-0.1, -0.05) is 31.9 Å². The maximum atomic E-state index is 6.41. The van der Waals surface area contributed by atoms with Gasteiger partial charge in [-0.3, -0.25) is 0 Å². The third-order valence-corrected chi connectivity index (χ3v) is 5.63. The van der Waals surface area contributed by atoms with E-state index < -0.39 is 0 Å². The lowest BCUT2D eigenvalue weighted by Crippen LogP contribution is -2.28. The maximum absolute atomic E-state index is 6.41. The molecule has 1 heterocycles. The highest BCUT2D eigenvalue weighted by atomic mass is 35.5. The largest absolute Gasteiger partial charge is 0.323 e. The van der Waals surface area contributed by atoms with Crippen LogP contribution in [-0.4, -0.2) is 0 Å². The Morgan fingerprint density at radius 1 is 1.56 bits per heavy atom. The first-order valence-electron chi connectivity index (χ1n) is 5.93. The molecule has 3 heteroatoms. The Balaban J connectivity index is 2.22. The molecule has 1 saturated carbocycles. The Labute approximate surface area is 107 Å². The zero-order valence-electron chi connectivity index (χ0n) is 10.2. The average molecular weight is 258 g/mol. The van der Waals surface area contributed by atoms with Gasteiger partial charge < -0.3 is 5.73 Å². The molecule has 0 bridgehead atoms. The van der Waals surface area contributed by atoms with Crippen LogP contribution in [-0.2, 0) is 0 Å². The summed E-state index contributed by atoms with van der Waals surface area (Å²) in [5.74, 6) is 0.599. The van der Waals surface area contributed by atoms with Crippen molar-refractivity contribution in [3.05, 3.63) is 20.8 Å². The average Bonchev–Trinajstić information content (AvgIpc) is 2.70. The highest BCUT2D eigenvalue weighted by molar-refractivity contribution is 7.16. The zero-order chi connectivity index (χ0) is 11.9. The second-order valence-corrected chi connectivity index (χ2v) is 7.30. The monoisotopic (exact) mass is 257 g/mol. The summed E-state index contributed by atoms with van der Waals surface area (Å²) >= 11 is 7.76. The fourth-order valence-corrected chi connectivity index (χ4v) is 4.15. The Kier molecular flexibility index (Phi) is 3.35. The molecule has 0 spiro atoms. The molecule has 0 amide bonds. The van der Waals surface area contributed by atoms with Gasteiger partial charge in [-0.2, -0.15) is 0 Å². The number of rotatable bonds is 2. The van der Waals surface area contributed by atoms with Gasteiger partial charge in [-0.25, -0.2) is 0 Å². The molecule has 0 radical (unpaired) electrons. The van der Waals surface area contributed by atoms with Gasteiger partial charge in [-0.15, -0.1) is 11.3 Å². The molecular weight excluding hydrogens is 238 g/mol. The van der Waals surface area contributed by atoms with Crippen molar-refractivity contribution in [1.29, 1.82) is 0 Å². The third kappa shape index (κ3) is 2.15. The Morgan fingerprint density at radius 3 is 2.69 bits per heavy atom. The van der Waals surface area contributed by atoms with Gasteiger partial charge in [0.25, 0.3) is 0 Å². The summed E-state index contributed by atoms with van der Waals surface area (Å²) in [4.78, 5) is 1.25. The van der Waals surface area contributed by atoms with Crippen LogP contribution in [0.2, 0.25) is 4.34 Å². The fraction of sp³-hybridized carbons (Fsp3) is 0.692. The molecular formula is C13H20ClNS. The Morgan fingerprint density at radius 2 is 2.25 bits per heavy atom. The predicted molar refractivity (Wildman–Crippen MR) is 72.1 cm³/mol. The number of hydrogen-bond acceptors (Lipinski definition) is 2. The summed E-state index contributed by atoms with van der Waals surface area (Å²) in [7, 11) is 0. The van der Waals surface area contributed by atoms with E-state index in [1.54, 1.807) is 11.3 Å². The zero-order valence-corrected chi connectivity index (χ0v) is 11.8. The van der Waals surface area contributed by atoms with Crippen molar-refractivity contribution in [2.75, 3.05) is 0 Å². The first-order valence-corrected chi connectivity index (χ1v) is 7.12. The van der Waals surface area contributed by atoms with Crippen LogP contribution in [0.1, 0.15) is 49.6 Å². The van der Waals surface area contributed by atoms with Crippen LogP contribution in [0.5, 0.6) is 0 Å². The number of halogens is 1. The molecule has 1 aliphatic rings. The van der Waals surface area contributed by atoms with E-state index in [0.717, 1.165) is 9.90 Å². The van der Waals surface area contributed by atoms with Gasteiger partial charge in [0.15, 0.2) is 0 Å². The van der Waals surface area contributed by atoms with E-state index in [2.05, 4.69) is 26.8 Å². The minimum atomic E-state index is 0.161. The number of hydrogen-bond donors (Lipinski definition) is 1. The van der Waals surface area contributed by atoms with Crippen molar-refractivity contribution >= 4 is 22.9 Å². The molecule has 1 aromatic rings. The molecule has 0 saturated heterocycles. The number of nitrogens with two attached hydrogens (primary N) is 1. The van der Waals surface area contributed by atoms with Crippen LogP contribution < -0.4 is 5.73 Å². The first kappa shape index (κ1) is 12.4. The number of thiophene rings is 1. The van der Waals surface area contributed by atoms with E-state index in [0.29, 0.717) is 11.3 Å². The van der Waals surface area contributed by atoms with Crippen LogP contribution in [0.25, 0.3) is 0 Å². The topological polar surface area (TPSA) is 26.0 Å². The highest BCUT2D eigenvalue weighted by Gasteiger charge is 2.39. The van der Waals surface area contributed by atoms with Crippen LogP contribution >= 0.6 is 22.9 Å². The molecule has 1 nitrogen and oxygen atoms in total. The number of aryl methyl sites for hydroxylation is 1. The second-order valence-electron chi connectivity index (χ2n) is 5.62. The van der Waals surface area contributed by atoms with Gasteiger partial charge in [0.1, 0.15) is 0 Å². The highest BCUT2D eigenvalue weighted by Crippen LogP contribution is 2.49. The van der Waals surface area contributed by atoms with Crippen LogP contribution in [0.3, 0.4) is 0 Å². The third-order valence-electron chi connectivity index (χ3n) is 3.98. The van der Waals surface area contributed by atoms with Crippen LogP contribution in [0.15, 0.2) is 6.07 Å². The lowest BCUT2D eigenvalue weighted by molar-refractivity contribution is 0.224. The quantitative estimate of drug-likeness (QED) is 0.827. The Hall–Kier alpha value is -0.0500. The van der Waals surface area contributed by atoms with Gasteiger partial charge in [0.05, 0.1) is 4.34 Å². The summed E-state index contributed by atoms with van der Waals surface area (Å²) in [6.07, 6.45) is 3.86. The van der Waals surface area contributed by atoms with Gasteiger partial charge in [-0.05, 0) is 42.7 Å². The van der Waals surface area contributed by atoms with E-state index >= 15 is 0 Å². The standard InChI is InChI=1S/C13H20ClNS/c1-8-7-10(16-12(8)14)11(15)9-5-4-6-13(9,2)3/h7,9,11H,4-6,15H2,1-3H3. The second kappa shape index (κ2) is 4.32. The van der Waals surface area contributed by atoms with Crippen molar-refractivity contribution in [1.82, 2.24) is 0 Å². The molecule has 90 valence electrons. The van der Waals surface area contributed by atoms with Gasteiger partial charge in [0, 0.05) is 10.9 Å². The molecule has 2 atom stereocenters. The minimum absolute atomic E-state index is 0.161. The molecule has 1 aromatic heterocycles. The molecule has 0 aliphatic heterocycles. The summed E-state index contributed by atoms with van der Waals surface area (Å²) in [5.41, 5.74) is 7.95. The Bertz CT molecular complexity index is 364. The normalized spacial score (nSPS) is 25.9. The van der Waals surface area contributed by atoms with E-state index in [4.69, 9.17) is 17.3 Å².